The lowest BCUT2D eigenvalue weighted by atomic mass is 9.99. The summed E-state index contributed by atoms with van der Waals surface area (Å²) in [5.74, 6) is 0.861. The second-order valence-corrected chi connectivity index (χ2v) is 4.54. The Bertz CT molecular complexity index is 603. The molecule has 0 heterocycles. The van der Waals surface area contributed by atoms with Gasteiger partial charge in [-0.05, 0) is 54.4 Å². The van der Waals surface area contributed by atoms with Gasteiger partial charge >= 0.3 is 0 Å². The van der Waals surface area contributed by atoms with Crippen LogP contribution in [0, 0.1) is 0 Å². The van der Waals surface area contributed by atoms with Crippen LogP contribution in [0.25, 0.3) is 0 Å². The van der Waals surface area contributed by atoms with Gasteiger partial charge in [0, 0.05) is 23.9 Å². The van der Waals surface area contributed by atoms with Crippen LogP contribution in [0.2, 0.25) is 0 Å². The zero-order chi connectivity index (χ0) is 14.5. The second kappa shape index (κ2) is 6.24. The molecule has 0 radical (unpaired) electrons. The molecule has 0 spiro atoms. The van der Waals surface area contributed by atoms with Crippen LogP contribution in [-0.2, 0) is 6.42 Å². The van der Waals surface area contributed by atoms with Crippen LogP contribution >= 0.6 is 0 Å². The molecule has 0 aliphatic rings. The number of nitrogens with one attached hydrogen (secondary N) is 1. The molecule has 0 saturated heterocycles. The summed E-state index contributed by atoms with van der Waals surface area (Å²) < 4.78 is 5.29. The van der Waals surface area contributed by atoms with Gasteiger partial charge in [0.25, 0.3) is 0 Å². The Morgan fingerprint density at radius 1 is 1.10 bits per heavy atom. The highest BCUT2D eigenvalue weighted by molar-refractivity contribution is 6.09. The number of hydrogen-bond acceptors (Lipinski definition) is 3. The van der Waals surface area contributed by atoms with Crippen molar-refractivity contribution in [2.24, 2.45) is 0 Å². The molecular weight excluding hydrogens is 250 g/mol. The quantitative estimate of drug-likeness (QED) is 0.844. The third-order valence-corrected chi connectivity index (χ3v) is 3.36. The number of hydrogen-bond donors (Lipinski definition) is 1. The van der Waals surface area contributed by atoms with Gasteiger partial charge < -0.3 is 10.1 Å². The van der Waals surface area contributed by atoms with Crippen LogP contribution in [0.4, 0.5) is 5.69 Å². The Hall–Kier alpha value is -2.29. The summed E-state index contributed by atoms with van der Waals surface area (Å²) >= 11 is 0. The number of methoxy groups -OCH3 is 1. The van der Waals surface area contributed by atoms with E-state index in [1.807, 2.05) is 56.4 Å². The van der Waals surface area contributed by atoms with E-state index in [-0.39, 0.29) is 5.78 Å². The molecule has 0 atom stereocenters. The Balaban J connectivity index is 2.32. The first-order chi connectivity index (χ1) is 9.69. The predicted octanol–water partition coefficient (Wildman–Crippen LogP) is 3.53. The summed E-state index contributed by atoms with van der Waals surface area (Å²) in [5.41, 5.74) is 3.42. The zero-order valence-electron chi connectivity index (χ0n) is 12.1. The van der Waals surface area contributed by atoms with E-state index in [0.717, 1.165) is 23.4 Å². The molecule has 3 nitrogen and oxygen atoms in total. The number of ether oxygens (including phenoxy) is 1. The highest BCUT2D eigenvalue weighted by Crippen LogP contribution is 2.22. The molecule has 0 aromatic heterocycles. The van der Waals surface area contributed by atoms with Crippen molar-refractivity contribution >= 4 is 11.5 Å². The number of benzene rings is 2. The SMILES string of the molecule is CCc1cc(C(=O)c2ccc(NC)cc2)ccc1OC. The molecule has 0 saturated carbocycles. The van der Waals surface area contributed by atoms with Crippen molar-refractivity contribution in [3.05, 3.63) is 59.2 Å². The highest BCUT2D eigenvalue weighted by atomic mass is 16.5. The van der Waals surface area contributed by atoms with E-state index in [1.54, 1.807) is 7.11 Å². The largest absolute Gasteiger partial charge is 0.496 e. The molecule has 104 valence electrons. The molecule has 3 heteroatoms. The normalized spacial score (nSPS) is 10.2. The predicted molar refractivity (Wildman–Crippen MR) is 81.8 cm³/mol. The lowest BCUT2D eigenvalue weighted by molar-refractivity contribution is 0.103. The fourth-order valence-corrected chi connectivity index (χ4v) is 2.15. The molecule has 0 amide bonds. The van der Waals surface area contributed by atoms with Crippen LogP contribution in [0.3, 0.4) is 0 Å². The molecule has 0 fully saturated rings. The smallest absolute Gasteiger partial charge is 0.193 e. The standard InChI is InChI=1S/C17H19NO2/c1-4-12-11-14(7-10-16(12)20-3)17(19)13-5-8-15(18-2)9-6-13/h5-11,18H,4H2,1-3H3. The van der Waals surface area contributed by atoms with Crippen molar-refractivity contribution in [3.8, 4) is 5.75 Å². The first-order valence-electron chi connectivity index (χ1n) is 6.69. The first-order valence-corrected chi connectivity index (χ1v) is 6.69. The summed E-state index contributed by atoms with van der Waals surface area (Å²) in [4.78, 5) is 12.5. The van der Waals surface area contributed by atoms with E-state index in [9.17, 15) is 4.79 Å². The van der Waals surface area contributed by atoms with Crippen LogP contribution in [0.1, 0.15) is 28.4 Å². The number of ketones is 1. The lowest BCUT2D eigenvalue weighted by Gasteiger charge is -2.09. The number of carbonyl (C=O) groups is 1. The fourth-order valence-electron chi connectivity index (χ4n) is 2.15. The molecular formula is C17H19NO2. The number of carbonyl (C=O) groups excluding carboxylic acids is 1. The van der Waals surface area contributed by atoms with Crippen LogP contribution in [0.5, 0.6) is 5.75 Å². The Morgan fingerprint density at radius 3 is 2.30 bits per heavy atom. The van der Waals surface area contributed by atoms with Gasteiger partial charge in [-0.2, -0.15) is 0 Å². The second-order valence-electron chi connectivity index (χ2n) is 4.54. The van der Waals surface area contributed by atoms with Crippen LogP contribution in [-0.4, -0.2) is 19.9 Å². The first kappa shape index (κ1) is 14.1. The molecule has 1 N–H and O–H groups in total. The molecule has 0 aliphatic carbocycles. The average Bonchev–Trinajstić information content (AvgIpc) is 2.53. The van der Waals surface area contributed by atoms with Crippen LogP contribution < -0.4 is 10.1 Å². The van der Waals surface area contributed by atoms with Gasteiger partial charge in [-0.15, -0.1) is 0 Å². The van der Waals surface area contributed by atoms with E-state index in [1.165, 1.54) is 0 Å². The third kappa shape index (κ3) is 2.82. The van der Waals surface area contributed by atoms with Gasteiger partial charge in [-0.1, -0.05) is 6.92 Å². The van der Waals surface area contributed by atoms with E-state index in [0.29, 0.717) is 11.1 Å². The zero-order valence-corrected chi connectivity index (χ0v) is 12.1. The summed E-state index contributed by atoms with van der Waals surface area (Å²) in [6, 6.07) is 13.1. The third-order valence-electron chi connectivity index (χ3n) is 3.36. The number of anilines is 1. The molecule has 0 bridgehead atoms. The van der Waals surface area contributed by atoms with Crippen molar-refractivity contribution in [1.29, 1.82) is 0 Å². The van der Waals surface area contributed by atoms with Crippen molar-refractivity contribution < 1.29 is 9.53 Å². The van der Waals surface area contributed by atoms with Gasteiger partial charge in [-0.3, -0.25) is 4.79 Å². The maximum Gasteiger partial charge on any atom is 0.193 e. The minimum Gasteiger partial charge on any atom is -0.496 e. The summed E-state index contributed by atoms with van der Waals surface area (Å²) in [7, 11) is 3.50. The average molecular weight is 269 g/mol. The summed E-state index contributed by atoms with van der Waals surface area (Å²) in [5, 5.41) is 3.04. The van der Waals surface area contributed by atoms with Gasteiger partial charge in [0.1, 0.15) is 5.75 Å². The van der Waals surface area contributed by atoms with E-state index < -0.39 is 0 Å². The van der Waals surface area contributed by atoms with Gasteiger partial charge in [0.15, 0.2) is 5.78 Å². The molecule has 0 aliphatic heterocycles. The maximum absolute atomic E-state index is 12.5. The molecule has 20 heavy (non-hydrogen) atoms. The Morgan fingerprint density at radius 2 is 1.75 bits per heavy atom. The molecule has 2 aromatic carbocycles. The number of aryl methyl sites for hydroxylation is 1. The Labute approximate surface area is 119 Å². The van der Waals surface area contributed by atoms with E-state index in [4.69, 9.17) is 4.74 Å². The van der Waals surface area contributed by atoms with Crippen molar-refractivity contribution in [1.82, 2.24) is 0 Å². The van der Waals surface area contributed by atoms with Gasteiger partial charge in [0.2, 0.25) is 0 Å². The van der Waals surface area contributed by atoms with Crippen LogP contribution in [0.15, 0.2) is 42.5 Å². The van der Waals surface area contributed by atoms with Gasteiger partial charge in [-0.25, -0.2) is 0 Å². The lowest BCUT2D eigenvalue weighted by Crippen LogP contribution is -2.03. The minimum absolute atomic E-state index is 0.0324. The highest BCUT2D eigenvalue weighted by Gasteiger charge is 2.11. The summed E-state index contributed by atoms with van der Waals surface area (Å²) in [6.45, 7) is 2.05. The fraction of sp³-hybridized carbons (Fsp3) is 0.235. The van der Waals surface area contributed by atoms with Gasteiger partial charge in [0.05, 0.1) is 7.11 Å². The van der Waals surface area contributed by atoms with Crippen molar-refractivity contribution in [2.45, 2.75) is 13.3 Å². The number of rotatable bonds is 5. The van der Waals surface area contributed by atoms with Crippen molar-refractivity contribution in [3.63, 3.8) is 0 Å². The molecule has 2 rings (SSSR count). The van der Waals surface area contributed by atoms with Crippen molar-refractivity contribution in [2.75, 3.05) is 19.5 Å². The summed E-state index contributed by atoms with van der Waals surface area (Å²) in [6.07, 6.45) is 0.836. The van der Waals surface area contributed by atoms with E-state index >= 15 is 0 Å². The topological polar surface area (TPSA) is 38.3 Å². The Kier molecular flexibility index (Phi) is 4.41. The minimum atomic E-state index is 0.0324. The maximum atomic E-state index is 12.5. The van der Waals surface area contributed by atoms with E-state index in [2.05, 4.69) is 5.32 Å². The monoisotopic (exact) mass is 269 g/mol. The molecule has 2 aromatic rings. The molecule has 0 unspecified atom stereocenters.